The Kier molecular flexibility index (Phi) is 7.32. The third-order valence-corrected chi connectivity index (χ3v) is 1.72. The number of carbonyl (C=O) groups is 1. The van der Waals surface area contributed by atoms with E-state index in [-0.39, 0.29) is 12.3 Å². The Morgan fingerprint density at radius 3 is 2.64 bits per heavy atom. The van der Waals surface area contributed by atoms with E-state index < -0.39 is 6.04 Å². The van der Waals surface area contributed by atoms with E-state index in [0.29, 0.717) is 6.54 Å². The molecule has 76 valence electrons. The molecular formula is C11H16N2O. The van der Waals surface area contributed by atoms with E-state index in [2.05, 4.69) is 17.2 Å². The van der Waals surface area contributed by atoms with Crippen LogP contribution >= 0.6 is 0 Å². The maximum Gasteiger partial charge on any atom is 0.237 e. The largest absolute Gasteiger partial charge is 0.355 e. The van der Waals surface area contributed by atoms with Crippen LogP contribution in [0, 0.1) is 24.7 Å². The lowest BCUT2D eigenvalue weighted by Gasteiger charge is -2.08. The predicted molar refractivity (Wildman–Crippen MR) is 57.1 cm³/mol. The van der Waals surface area contributed by atoms with E-state index in [4.69, 9.17) is 18.6 Å². The van der Waals surface area contributed by atoms with Gasteiger partial charge in [-0.2, -0.15) is 0 Å². The van der Waals surface area contributed by atoms with Gasteiger partial charge in [-0.3, -0.25) is 4.79 Å². The molecule has 0 radical (unpaired) electrons. The van der Waals surface area contributed by atoms with Gasteiger partial charge in [0.05, 0.1) is 6.04 Å². The molecule has 1 unspecified atom stereocenters. The van der Waals surface area contributed by atoms with Crippen molar-refractivity contribution in [1.29, 1.82) is 0 Å². The number of carbonyl (C=O) groups excluding carboxylic acids is 1. The Balaban J connectivity index is 3.46. The van der Waals surface area contributed by atoms with Gasteiger partial charge in [0, 0.05) is 19.4 Å². The van der Waals surface area contributed by atoms with Crippen LogP contribution in [0.4, 0.5) is 0 Å². The third-order valence-electron chi connectivity index (χ3n) is 1.72. The maximum atomic E-state index is 11.2. The summed E-state index contributed by atoms with van der Waals surface area (Å²) in [6, 6.07) is -0.590. The van der Waals surface area contributed by atoms with Crippen LogP contribution in [0.15, 0.2) is 0 Å². The minimum absolute atomic E-state index is 0.191. The monoisotopic (exact) mass is 192 g/mol. The normalized spacial score (nSPS) is 11.1. The smallest absolute Gasteiger partial charge is 0.237 e. The number of amides is 1. The van der Waals surface area contributed by atoms with E-state index in [1.54, 1.807) is 0 Å². The van der Waals surface area contributed by atoms with E-state index >= 15 is 0 Å². The molecule has 0 bridgehead atoms. The van der Waals surface area contributed by atoms with Crippen LogP contribution in [-0.2, 0) is 4.79 Å². The van der Waals surface area contributed by atoms with Crippen molar-refractivity contribution in [3.63, 3.8) is 0 Å². The number of unbranched alkanes of at least 4 members (excludes halogenated alkanes) is 2. The first-order valence-electron chi connectivity index (χ1n) is 4.62. The summed E-state index contributed by atoms with van der Waals surface area (Å²) in [5, 5.41) is 2.70. The fourth-order valence-corrected chi connectivity index (χ4v) is 0.914. The van der Waals surface area contributed by atoms with Crippen LogP contribution in [0.5, 0.6) is 0 Å². The minimum atomic E-state index is -0.590. The molecule has 0 aliphatic heterocycles. The van der Waals surface area contributed by atoms with Crippen molar-refractivity contribution < 1.29 is 4.79 Å². The molecule has 1 atom stereocenters. The van der Waals surface area contributed by atoms with Crippen LogP contribution in [0.3, 0.4) is 0 Å². The van der Waals surface area contributed by atoms with E-state index in [1.807, 2.05) is 0 Å². The molecule has 0 aromatic heterocycles. The summed E-state index contributed by atoms with van der Waals surface area (Å²) < 4.78 is 0. The molecule has 3 heteroatoms. The molecule has 0 saturated heterocycles. The SMILES string of the molecule is C#CCCCCNC(=O)C(N)CC#C. The van der Waals surface area contributed by atoms with Crippen LogP contribution in [0.2, 0.25) is 0 Å². The molecule has 0 aromatic carbocycles. The van der Waals surface area contributed by atoms with Gasteiger partial charge in [0.1, 0.15) is 0 Å². The summed E-state index contributed by atoms with van der Waals surface area (Å²) in [4.78, 5) is 11.2. The maximum absolute atomic E-state index is 11.2. The number of terminal acetylenes is 2. The van der Waals surface area contributed by atoms with Crippen LogP contribution in [0.25, 0.3) is 0 Å². The van der Waals surface area contributed by atoms with Gasteiger partial charge >= 0.3 is 0 Å². The Hall–Kier alpha value is -1.45. The number of hydrogen-bond acceptors (Lipinski definition) is 2. The molecule has 1 amide bonds. The molecule has 3 nitrogen and oxygen atoms in total. The van der Waals surface area contributed by atoms with Crippen LogP contribution < -0.4 is 11.1 Å². The molecular weight excluding hydrogens is 176 g/mol. The summed E-state index contributed by atoms with van der Waals surface area (Å²) in [7, 11) is 0. The molecule has 0 saturated carbocycles. The molecule has 14 heavy (non-hydrogen) atoms. The third kappa shape index (κ3) is 6.11. The first kappa shape index (κ1) is 12.6. The summed E-state index contributed by atoms with van der Waals surface area (Å²) >= 11 is 0. The molecule has 0 aliphatic carbocycles. The fraction of sp³-hybridized carbons (Fsp3) is 0.545. The lowest BCUT2D eigenvalue weighted by molar-refractivity contribution is -0.122. The van der Waals surface area contributed by atoms with E-state index in [0.717, 1.165) is 19.3 Å². The first-order valence-corrected chi connectivity index (χ1v) is 4.62. The first-order chi connectivity index (χ1) is 6.72. The molecule has 0 spiro atoms. The van der Waals surface area contributed by atoms with Crippen molar-refractivity contribution in [2.24, 2.45) is 5.73 Å². The Bertz CT molecular complexity index is 247. The van der Waals surface area contributed by atoms with Crippen molar-refractivity contribution in [2.75, 3.05) is 6.54 Å². The highest BCUT2D eigenvalue weighted by molar-refractivity contribution is 5.81. The second-order valence-corrected chi connectivity index (χ2v) is 2.97. The summed E-state index contributed by atoms with van der Waals surface area (Å²) in [6.45, 7) is 0.610. The van der Waals surface area contributed by atoms with E-state index in [9.17, 15) is 4.79 Å². The minimum Gasteiger partial charge on any atom is -0.355 e. The summed E-state index contributed by atoms with van der Waals surface area (Å²) in [5.74, 6) is 4.69. The van der Waals surface area contributed by atoms with Crippen molar-refractivity contribution in [2.45, 2.75) is 31.7 Å². The zero-order valence-corrected chi connectivity index (χ0v) is 8.25. The number of nitrogens with one attached hydrogen (secondary N) is 1. The summed E-state index contributed by atoms with van der Waals surface area (Å²) in [6.07, 6.45) is 12.9. The molecule has 0 fully saturated rings. The number of hydrogen-bond donors (Lipinski definition) is 2. The zero-order valence-electron chi connectivity index (χ0n) is 8.25. The number of rotatable bonds is 6. The van der Waals surface area contributed by atoms with Crippen molar-refractivity contribution in [3.8, 4) is 24.7 Å². The standard InChI is InChI=1S/C11H16N2O/c1-3-5-6-7-9-13-11(14)10(12)8-4-2/h1-2,10H,5-9,12H2,(H,13,14). The van der Waals surface area contributed by atoms with Gasteiger partial charge < -0.3 is 11.1 Å². The van der Waals surface area contributed by atoms with Gasteiger partial charge in [-0.05, 0) is 12.8 Å². The Labute approximate surface area is 85.4 Å². The van der Waals surface area contributed by atoms with Gasteiger partial charge in [0.15, 0.2) is 0 Å². The van der Waals surface area contributed by atoms with Crippen molar-refractivity contribution >= 4 is 5.91 Å². The van der Waals surface area contributed by atoms with Crippen molar-refractivity contribution in [1.82, 2.24) is 5.32 Å². The molecule has 0 rings (SSSR count). The Morgan fingerprint density at radius 2 is 2.07 bits per heavy atom. The predicted octanol–water partition coefficient (Wildman–Crippen LogP) is 0.257. The van der Waals surface area contributed by atoms with E-state index in [1.165, 1.54) is 0 Å². The Morgan fingerprint density at radius 1 is 1.36 bits per heavy atom. The molecule has 3 N–H and O–H groups in total. The molecule has 0 heterocycles. The van der Waals surface area contributed by atoms with Gasteiger partial charge in [-0.1, -0.05) is 0 Å². The molecule has 0 aliphatic rings. The average Bonchev–Trinajstić information content (AvgIpc) is 2.17. The zero-order chi connectivity index (χ0) is 10.8. The van der Waals surface area contributed by atoms with Gasteiger partial charge in [0.25, 0.3) is 0 Å². The second-order valence-electron chi connectivity index (χ2n) is 2.97. The van der Waals surface area contributed by atoms with Crippen LogP contribution in [-0.4, -0.2) is 18.5 Å². The van der Waals surface area contributed by atoms with Gasteiger partial charge in [-0.15, -0.1) is 24.7 Å². The highest BCUT2D eigenvalue weighted by Gasteiger charge is 2.10. The molecule has 0 aromatic rings. The quantitative estimate of drug-likeness (QED) is 0.468. The topological polar surface area (TPSA) is 55.1 Å². The van der Waals surface area contributed by atoms with Crippen molar-refractivity contribution in [3.05, 3.63) is 0 Å². The lowest BCUT2D eigenvalue weighted by atomic mass is 10.2. The van der Waals surface area contributed by atoms with Gasteiger partial charge in [-0.25, -0.2) is 0 Å². The second kappa shape index (κ2) is 8.16. The highest BCUT2D eigenvalue weighted by atomic mass is 16.2. The lowest BCUT2D eigenvalue weighted by Crippen LogP contribution is -2.40. The average molecular weight is 192 g/mol. The van der Waals surface area contributed by atoms with Gasteiger partial charge in [0.2, 0.25) is 5.91 Å². The van der Waals surface area contributed by atoms with Crippen LogP contribution in [0.1, 0.15) is 25.7 Å². The highest BCUT2D eigenvalue weighted by Crippen LogP contribution is 1.92. The summed E-state index contributed by atoms with van der Waals surface area (Å²) in [5.41, 5.74) is 5.48. The number of nitrogens with two attached hydrogens (primary N) is 1. The fourth-order valence-electron chi connectivity index (χ4n) is 0.914.